The van der Waals surface area contributed by atoms with Gasteiger partial charge in [0.1, 0.15) is 17.2 Å². The molecule has 1 amide bonds. The summed E-state index contributed by atoms with van der Waals surface area (Å²) in [4.78, 5) is 11.7. The van der Waals surface area contributed by atoms with E-state index in [2.05, 4.69) is 10.6 Å². The molecule has 0 aromatic heterocycles. The maximum Gasteiger partial charge on any atom is 0.407 e. The summed E-state index contributed by atoms with van der Waals surface area (Å²) in [5, 5.41) is 15.4. The summed E-state index contributed by atoms with van der Waals surface area (Å²) in [6, 6.07) is 4.31. The molecule has 5 nitrogen and oxygen atoms in total. The summed E-state index contributed by atoms with van der Waals surface area (Å²) < 4.78 is 19.0. The normalized spacial score (nSPS) is 22.1. The van der Waals surface area contributed by atoms with Gasteiger partial charge < -0.3 is 20.5 Å². The molecule has 0 saturated heterocycles. The standard InChI is InChI=1S/C17H25FN2O3/c1-10(14-6-5-13(21)9-15(14)18)19-11-7-12(8-11)20-16(22)23-17(2,3)4/h5-6,9-12,19,21H,7-8H2,1-4H3,(H,20,22). The molecule has 1 saturated carbocycles. The predicted octanol–water partition coefficient (Wildman–Crippen LogP) is 3.24. The van der Waals surface area contributed by atoms with Crippen LogP contribution in [0.5, 0.6) is 5.75 Å². The minimum absolute atomic E-state index is 0.0799. The number of phenolic OH excluding ortho intramolecular Hbond substituents is 1. The van der Waals surface area contributed by atoms with E-state index in [4.69, 9.17) is 4.74 Å². The van der Waals surface area contributed by atoms with Gasteiger partial charge in [0.25, 0.3) is 0 Å². The second-order valence-corrected chi connectivity index (χ2v) is 7.11. The van der Waals surface area contributed by atoms with Crippen LogP contribution in [0.3, 0.4) is 0 Å². The molecular formula is C17H25FN2O3. The summed E-state index contributed by atoms with van der Waals surface area (Å²) in [6.07, 6.45) is 1.16. The molecule has 23 heavy (non-hydrogen) atoms. The number of alkyl carbamates (subject to hydrolysis) is 1. The van der Waals surface area contributed by atoms with Gasteiger partial charge in [-0.2, -0.15) is 0 Å². The van der Waals surface area contributed by atoms with Crippen LogP contribution in [0.2, 0.25) is 0 Å². The minimum atomic E-state index is -0.504. The first-order chi connectivity index (χ1) is 10.6. The number of aromatic hydroxyl groups is 1. The predicted molar refractivity (Wildman–Crippen MR) is 85.8 cm³/mol. The van der Waals surface area contributed by atoms with Crippen LogP contribution in [0.4, 0.5) is 9.18 Å². The molecule has 0 heterocycles. The third-order valence-corrected chi connectivity index (χ3v) is 3.80. The fourth-order valence-electron chi connectivity index (χ4n) is 2.66. The third-order valence-electron chi connectivity index (χ3n) is 3.80. The van der Waals surface area contributed by atoms with Gasteiger partial charge in [0.15, 0.2) is 0 Å². The summed E-state index contributed by atoms with van der Waals surface area (Å²) in [5.41, 5.74) is 0.0162. The van der Waals surface area contributed by atoms with Gasteiger partial charge in [-0.05, 0) is 46.6 Å². The first-order valence-electron chi connectivity index (χ1n) is 7.88. The van der Waals surface area contributed by atoms with Gasteiger partial charge in [0, 0.05) is 29.8 Å². The van der Waals surface area contributed by atoms with E-state index in [1.54, 1.807) is 6.07 Å². The van der Waals surface area contributed by atoms with Crippen LogP contribution in [-0.4, -0.2) is 28.9 Å². The van der Waals surface area contributed by atoms with Crippen molar-refractivity contribution in [3.63, 3.8) is 0 Å². The van der Waals surface area contributed by atoms with E-state index >= 15 is 0 Å². The van der Waals surface area contributed by atoms with E-state index in [0.29, 0.717) is 5.56 Å². The van der Waals surface area contributed by atoms with E-state index in [0.717, 1.165) is 18.9 Å². The summed E-state index contributed by atoms with van der Waals surface area (Å²) in [5.74, 6) is -0.503. The Morgan fingerprint density at radius 1 is 1.35 bits per heavy atom. The number of amides is 1. The number of hydrogen-bond donors (Lipinski definition) is 3. The van der Waals surface area contributed by atoms with Gasteiger partial charge in [-0.1, -0.05) is 6.07 Å². The first-order valence-corrected chi connectivity index (χ1v) is 7.88. The average molecular weight is 324 g/mol. The van der Waals surface area contributed by atoms with E-state index in [1.807, 2.05) is 27.7 Å². The van der Waals surface area contributed by atoms with Gasteiger partial charge in [0.2, 0.25) is 0 Å². The van der Waals surface area contributed by atoms with E-state index in [-0.39, 0.29) is 23.9 Å². The smallest absolute Gasteiger partial charge is 0.407 e. The highest BCUT2D eigenvalue weighted by Gasteiger charge is 2.32. The number of benzene rings is 1. The number of halogens is 1. The van der Waals surface area contributed by atoms with Gasteiger partial charge >= 0.3 is 6.09 Å². The number of nitrogens with one attached hydrogen (secondary N) is 2. The van der Waals surface area contributed by atoms with Crippen LogP contribution in [0.15, 0.2) is 18.2 Å². The highest BCUT2D eigenvalue weighted by Crippen LogP contribution is 2.26. The Morgan fingerprint density at radius 2 is 2.00 bits per heavy atom. The molecule has 128 valence electrons. The largest absolute Gasteiger partial charge is 0.508 e. The molecule has 1 aromatic rings. The Balaban J connectivity index is 1.76. The number of ether oxygens (including phenoxy) is 1. The molecule has 1 atom stereocenters. The lowest BCUT2D eigenvalue weighted by Crippen LogP contribution is -2.53. The summed E-state index contributed by atoms with van der Waals surface area (Å²) >= 11 is 0. The molecule has 0 spiro atoms. The number of carbonyl (C=O) groups excluding carboxylic acids is 1. The highest BCUT2D eigenvalue weighted by molar-refractivity contribution is 5.68. The Hall–Kier alpha value is -1.82. The zero-order valence-corrected chi connectivity index (χ0v) is 14.0. The highest BCUT2D eigenvalue weighted by atomic mass is 19.1. The van der Waals surface area contributed by atoms with Gasteiger partial charge in [0.05, 0.1) is 0 Å². The maximum absolute atomic E-state index is 13.8. The Labute approximate surface area is 136 Å². The van der Waals surface area contributed by atoms with E-state index < -0.39 is 17.5 Å². The van der Waals surface area contributed by atoms with Crippen molar-refractivity contribution in [2.24, 2.45) is 0 Å². The van der Waals surface area contributed by atoms with Crippen molar-refractivity contribution in [2.45, 2.75) is 64.3 Å². The van der Waals surface area contributed by atoms with Crippen molar-refractivity contribution in [2.75, 3.05) is 0 Å². The third kappa shape index (κ3) is 5.10. The fraction of sp³-hybridized carbons (Fsp3) is 0.588. The van der Waals surface area contributed by atoms with Crippen LogP contribution in [0.25, 0.3) is 0 Å². The number of phenols is 1. The van der Waals surface area contributed by atoms with Gasteiger partial charge in [-0.15, -0.1) is 0 Å². The van der Waals surface area contributed by atoms with E-state index in [9.17, 15) is 14.3 Å². The van der Waals surface area contributed by atoms with Crippen molar-refractivity contribution in [1.82, 2.24) is 10.6 Å². The first kappa shape index (κ1) is 17.5. The summed E-state index contributed by atoms with van der Waals surface area (Å²) in [6.45, 7) is 7.35. The second-order valence-electron chi connectivity index (χ2n) is 7.11. The molecule has 2 rings (SSSR count). The molecule has 1 fully saturated rings. The van der Waals surface area contributed by atoms with Crippen LogP contribution >= 0.6 is 0 Å². The van der Waals surface area contributed by atoms with E-state index in [1.165, 1.54) is 6.07 Å². The average Bonchev–Trinajstić information content (AvgIpc) is 2.33. The molecule has 1 aliphatic rings. The van der Waals surface area contributed by atoms with Crippen molar-refractivity contribution in [3.05, 3.63) is 29.6 Å². The molecule has 0 radical (unpaired) electrons. The lowest BCUT2D eigenvalue weighted by atomic mass is 9.86. The van der Waals surface area contributed by atoms with Crippen molar-refractivity contribution in [3.8, 4) is 5.75 Å². The van der Waals surface area contributed by atoms with Crippen LogP contribution < -0.4 is 10.6 Å². The van der Waals surface area contributed by atoms with Crippen LogP contribution in [0, 0.1) is 5.82 Å². The number of rotatable bonds is 4. The zero-order chi connectivity index (χ0) is 17.2. The molecule has 0 bridgehead atoms. The van der Waals surface area contributed by atoms with Gasteiger partial charge in [-0.3, -0.25) is 0 Å². The molecule has 1 aliphatic carbocycles. The van der Waals surface area contributed by atoms with Crippen molar-refractivity contribution >= 4 is 6.09 Å². The zero-order valence-electron chi connectivity index (χ0n) is 14.0. The monoisotopic (exact) mass is 324 g/mol. The lowest BCUT2D eigenvalue weighted by Gasteiger charge is -2.38. The summed E-state index contributed by atoms with van der Waals surface area (Å²) in [7, 11) is 0. The Morgan fingerprint density at radius 3 is 2.57 bits per heavy atom. The topological polar surface area (TPSA) is 70.6 Å². The molecule has 1 aromatic carbocycles. The van der Waals surface area contributed by atoms with Crippen LogP contribution in [-0.2, 0) is 4.74 Å². The molecular weight excluding hydrogens is 299 g/mol. The lowest BCUT2D eigenvalue weighted by molar-refractivity contribution is 0.0463. The minimum Gasteiger partial charge on any atom is -0.508 e. The number of carbonyl (C=O) groups is 1. The van der Waals surface area contributed by atoms with Crippen molar-refractivity contribution in [1.29, 1.82) is 0 Å². The van der Waals surface area contributed by atoms with Crippen molar-refractivity contribution < 1.29 is 19.0 Å². The molecule has 6 heteroatoms. The molecule has 3 N–H and O–H groups in total. The molecule has 0 aliphatic heterocycles. The second kappa shape index (κ2) is 6.74. The molecule has 1 unspecified atom stereocenters. The van der Waals surface area contributed by atoms with Crippen LogP contribution in [0.1, 0.15) is 52.1 Å². The fourth-order valence-corrected chi connectivity index (χ4v) is 2.66. The maximum atomic E-state index is 13.8. The number of hydrogen-bond acceptors (Lipinski definition) is 4. The SMILES string of the molecule is CC(NC1CC(NC(=O)OC(C)(C)C)C1)c1ccc(O)cc1F. The quantitative estimate of drug-likeness (QED) is 0.795. The Kier molecular flexibility index (Phi) is 5.14. The van der Waals surface area contributed by atoms with Gasteiger partial charge in [-0.25, -0.2) is 9.18 Å². The Bertz CT molecular complexity index is 565.